The van der Waals surface area contributed by atoms with Gasteiger partial charge in [-0.05, 0) is 18.6 Å². The van der Waals surface area contributed by atoms with Crippen LogP contribution in [0.25, 0.3) is 0 Å². The fourth-order valence-electron chi connectivity index (χ4n) is 0.825. The number of hydrogen-bond donors (Lipinski definition) is 1. The van der Waals surface area contributed by atoms with Gasteiger partial charge in [0, 0.05) is 18.9 Å². The summed E-state index contributed by atoms with van der Waals surface area (Å²) in [5.41, 5.74) is 3.24. The van der Waals surface area contributed by atoms with Gasteiger partial charge in [0.1, 0.15) is 0 Å². The molecule has 0 unspecified atom stereocenters. The Balaban J connectivity index is 2.15. The minimum Gasteiger partial charge on any atom is -0.326 e. The monoisotopic (exact) mass is 138 g/mol. The molecule has 0 saturated heterocycles. The lowest BCUT2D eigenvalue weighted by Gasteiger charge is -2.04. The van der Waals surface area contributed by atoms with Crippen LogP contribution in [-0.2, 0) is 0 Å². The lowest BCUT2D eigenvalue weighted by atomic mass is 10.3. The zero-order valence-electron chi connectivity index (χ0n) is 6.38. The van der Waals surface area contributed by atoms with E-state index in [9.17, 15) is 0 Å². The third-order valence-electron chi connectivity index (χ3n) is 1.43. The molecule has 0 aliphatic carbocycles. The molecule has 1 N–H and O–H groups in total. The fourth-order valence-corrected chi connectivity index (χ4v) is 0.825. The molecule has 1 rings (SSSR count). The van der Waals surface area contributed by atoms with Crippen molar-refractivity contribution in [3.63, 3.8) is 0 Å². The van der Waals surface area contributed by atoms with Crippen molar-refractivity contribution in [2.45, 2.75) is 19.8 Å². The van der Waals surface area contributed by atoms with Gasteiger partial charge in [0.05, 0.1) is 0 Å². The van der Waals surface area contributed by atoms with Gasteiger partial charge in [0.2, 0.25) is 0 Å². The number of rotatable bonds is 4. The van der Waals surface area contributed by atoms with Crippen LogP contribution < -0.4 is 5.43 Å². The van der Waals surface area contributed by atoms with Gasteiger partial charge in [-0.2, -0.15) is 0 Å². The summed E-state index contributed by atoms with van der Waals surface area (Å²) in [6, 6.07) is 4.03. The highest BCUT2D eigenvalue weighted by molar-refractivity contribution is 4.92. The van der Waals surface area contributed by atoms with Crippen molar-refractivity contribution in [1.29, 1.82) is 0 Å². The maximum Gasteiger partial charge on any atom is 0.0313 e. The lowest BCUT2D eigenvalue weighted by molar-refractivity contribution is 0.755. The van der Waals surface area contributed by atoms with Gasteiger partial charge >= 0.3 is 0 Å². The summed E-state index contributed by atoms with van der Waals surface area (Å²) in [5, 5.41) is 0. The summed E-state index contributed by atoms with van der Waals surface area (Å²) >= 11 is 0. The van der Waals surface area contributed by atoms with Gasteiger partial charge in [-0.1, -0.05) is 13.3 Å². The van der Waals surface area contributed by atoms with E-state index in [0.717, 1.165) is 6.54 Å². The average Bonchev–Trinajstić information content (AvgIpc) is 2.41. The maximum atomic E-state index is 3.24. The smallest absolute Gasteiger partial charge is 0.0313 e. The molecular weight excluding hydrogens is 124 g/mol. The van der Waals surface area contributed by atoms with Crippen molar-refractivity contribution < 1.29 is 0 Å². The molecular formula is C8H14N2. The molecule has 0 bridgehead atoms. The minimum atomic E-state index is 1.06. The number of unbranched alkanes of at least 4 members (excludes halogenated alkanes) is 1. The zero-order valence-corrected chi connectivity index (χ0v) is 6.38. The van der Waals surface area contributed by atoms with E-state index < -0.39 is 0 Å². The Hall–Kier alpha value is -0.920. The highest BCUT2D eigenvalue weighted by atomic mass is 15.4. The maximum absolute atomic E-state index is 3.24. The van der Waals surface area contributed by atoms with Gasteiger partial charge in [0.15, 0.2) is 0 Å². The first kappa shape index (κ1) is 7.19. The van der Waals surface area contributed by atoms with Crippen LogP contribution in [0.5, 0.6) is 0 Å². The molecule has 1 aromatic heterocycles. The lowest BCUT2D eigenvalue weighted by Crippen LogP contribution is -2.13. The van der Waals surface area contributed by atoms with Crippen LogP contribution in [0, 0.1) is 0 Å². The molecule has 56 valence electrons. The number of hydrogen-bond acceptors (Lipinski definition) is 1. The third-order valence-corrected chi connectivity index (χ3v) is 1.43. The van der Waals surface area contributed by atoms with E-state index in [4.69, 9.17) is 0 Å². The van der Waals surface area contributed by atoms with E-state index in [0.29, 0.717) is 0 Å². The Kier molecular flexibility index (Phi) is 2.87. The molecule has 10 heavy (non-hydrogen) atoms. The highest BCUT2D eigenvalue weighted by Crippen LogP contribution is 1.87. The summed E-state index contributed by atoms with van der Waals surface area (Å²) in [6.07, 6.45) is 6.50. The molecule has 2 nitrogen and oxygen atoms in total. The normalized spacial score (nSPS) is 9.70. The van der Waals surface area contributed by atoms with Crippen LogP contribution in [0.1, 0.15) is 19.8 Å². The molecule has 0 amide bonds. The van der Waals surface area contributed by atoms with Gasteiger partial charge in [-0.3, -0.25) is 4.68 Å². The van der Waals surface area contributed by atoms with E-state index in [1.54, 1.807) is 0 Å². The first-order chi connectivity index (χ1) is 4.93. The largest absolute Gasteiger partial charge is 0.326 e. The zero-order chi connectivity index (χ0) is 7.23. The topological polar surface area (TPSA) is 17.0 Å². The first-order valence-electron chi connectivity index (χ1n) is 3.80. The van der Waals surface area contributed by atoms with Crippen molar-refractivity contribution in [2.24, 2.45) is 0 Å². The van der Waals surface area contributed by atoms with Crippen LogP contribution >= 0.6 is 0 Å². The van der Waals surface area contributed by atoms with Crippen molar-refractivity contribution in [1.82, 2.24) is 4.68 Å². The molecule has 0 radical (unpaired) electrons. The molecule has 0 saturated carbocycles. The molecule has 0 aromatic carbocycles. The summed E-state index contributed by atoms with van der Waals surface area (Å²) in [4.78, 5) is 0. The van der Waals surface area contributed by atoms with Crippen molar-refractivity contribution in [2.75, 3.05) is 12.0 Å². The molecule has 1 aromatic rings. The molecule has 0 aliphatic heterocycles. The molecule has 0 fully saturated rings. The SMILES string of the molecule is CCCCNn1cccc1. The number of aromatic nitrogens is 1. The van der Waals surface area contributed by atoms with E-state index >= 15 is 0 Å². The molecule has 1 heterocycles. The summed E-state index contributed by atoms with van der Waals surface area (Å²) < 4.78 is 1.98. The average molecular weight is 138 g/mol. The van der Waals surface area contributed by atoms with Crippen molar-refractivity contribution in [3.05, 3.63) is 24.5 Å². The summed E-state index contributed by atoms with van der Waals surface area (Å²) in [6.45, 7) is 3.25. The molecule has 2 heteroatoms. The third kappa shape index (κ3) is 2.13. The van der Waals surface area contributed by atoms with E-state index in [1.807, 2.05) is 29.2 Å². The highest BCUT2D eigenvalue weighted by Gasteiger charge is 1.83. The molecule has 0 aliphatic rings. The minimum absolute atomic E-state index is 1.06. The second-order valence-electron chi connectivity index (χ2n) is 2.35. The first-order valence-corrected chi connectivity index (χ1v) is 3.80. The van der Waals surface area contributed by atoms with Gasteiger partial charge in [0.25, 0.3) is 0 Å². The number of nitrogens with one attached hydrogen (secondary N) is 1. The van der Waals surface area contributed by atoms with Crippen LogP contribution in [0.15, 0.2) is 24.5 Å². The molecule has 0 spiro atoms. The predicted octanol–water partition coefficient (Wildman–Crippen LogP) is 1.83. The van der Waals surface area contributed by atoms with E-state index in [2.05, 4.69) is 12.3 Å². The number of nitrogens with zero attached hydrogens (tertiary/aromatic N) is 1. The fraction of sp³-hybridized carbons (Fsp3) is 0.500. The quantitative estimate of drug-likeness (QED) is 0.628. The Morgan fingerprint density at radius 1 is 1.30 bits per heavy atom. The predicted molar refractivity (Wildman–Crippen MR) is 43.6 cm³/mol. The Morgan fingerprint density at radius 2 is 2.00 bits per heavy atom. The Labute approximate surface area is 61.8 Å². The van der Waals surface area contributed by atoms with E-state index in [1.165, 1.54) is 12.8 Å². The van der Waals surface area contributed by atoms with E-state index in [-0.39, 0.29) is 0 Å². The summed E-state index contributed by atoms with van der Waals surface area (Å²) in [7, 11) is 0. The van der Waals surface area contributed by atoms with Crippen LogP contribution in [0.3, 0.4) is 0 Å². The van der Waals surface area contributed by atoms with Crippen LogP contribution in [-0.4, -0.2) is 11.2 Å². The second kappa shape index (κ2) is 3.99. The van der Waals surface area contributed by atoms with Crippen molar-refractivity contribution in [3.8, 4) is 0 Å². The van der Waals surface area contributed by atoms with Crippen molar-refractivity contribution >= 4 is 0 Å². The Morgan fingerprint density at radius 3 is 2.60 bits per heavy atom. The summed E-state index contributed by atoms with van der Waals surface area (Å²) in [5.74, 6) is 0. The van der Waals surface area contributed by atoms with Crippen LogP contribution in [0.4, 0.5) is 0 Å². The van der Waals surface area contributed by atoms with Crippen LogP contribution in [0.2, 0.25) is 0 Å². The second-order valence-corrected chi connectivity index (χ2v) is 2.35. The Bertz CT molecular complexity index is 156. The van der Waals surface area contributed by atoms with Gasteiger partial charge in [-0.15, -0.1) is 0 Å². The molecule has 0 atom stereocenters. The van der Waals surface area contributed by atoms with Gasteiger partial charge < -0.3 is 5.43 Å². The standard InChI is InChI=1S/C8H14N2/c1-2-3-6-9-10-7-4-5-8-10/h4-5,7-9H,2-3,6H2,1H3. The van der Waals surface area contributed by atoms with Gasteiger partial charge in [-0.25, -0.2) is 0 Å².